The molecule has 0 fully saturated rings. The van der Waals surface area contributed by atoms with Crippen molar-refractivity contribution in [3.63, 3.8) is 0 Å². The molecule has 1 atom stereocenters. The zero-order chi connectivity index (χ0) is 15.0. The van der Waals surface area contributed by atoms with Crippen LogP contribution >= 0.6 is 23.5 Å². The van der Waals surface area contributed by atoms with Crippen molar-refractivity contribution in [1.82, 2.24) is 0 Å². The number of methoxy groups -OCH3 is 2. The molecule has 0 spiro atoms. The van der Waals surface area contributed by atoms with E-state index in [1.807, 2.05) is 42.8 Å². The largest absolute Gasteiger partial charge is 0.382 e. The molecule has 0 aliphatic carbocycles. The van der Waals surface area contributed by atoms with E-state index in [9.17, 15) is 4.79 Å². The summed E-state index contributed by atoms with van der Waals surface area (Å²) in [5, 5.41) is 0. The molecule has 0 bridgehead atoms. The quantitative estimate of drug-likeness (QED) is 0.542. The SMILES string of the molecule is COCC(OC)C(C(=O)c1ccccc1)=C(SC)SC. The first-order valence-electron chi connectivity index (χ1n) is 6.13. The van der Waals surface area contributed by atoms with E-state index in [-0.39, 0.29) is 11.9 Å². The number of carbonyl (C=O) groups excluding carboxylic acids is 1. The molecule has 3 nitrogen and oxygen atoms in total. The predicted octanol–water partition coefficient (Wildman–Crippen LogP) is 3.47. The van der Waals surface area contributed by atoms with Gasteiger partial charge >= 0.3 is 0 Å². The Hall–Kier alpha value is -0.750. The number of Topliss-reactive ketones (excluding diaryl/α,β-unsaturated/α-hetero) is 1. The lowest BCUT2D eigenvalue weighted by Crippen LogP contribution is -2.26. The summed E-state index contributed by atoms with van der Waals surface area (Å²) in [6.07, 6.45) is 3.57. The maximum atomic E-state index is 12.8. The molecule has 0 aliphatic rings. The Morgan fingerprint density at radius 2 is 1.75 bits per heavy atom. The lowest BCUT2D eigenvalue weighted by Gasteiger charge is -2.20. The summed E-state index contributed by atoms with van der Waals surface area (Å²) in [4.78, 5) is 12.8. The highest BCUT2D eigenvalue weighted by Gasteiger charge is 2.25. The highest BCUT2D eigenvalue weighted by atomic mass is 32.2. The molecule has 0 saturated heterocycles. The first-order valence-corrected chi connectivity index (χ1v) is 8.58. The zero-order valence-electron chi connectivity index (χ0n) is 12.2. The van der Waals surface area contributed by atoms with E-state index in [2.05, 4.69) is 0 Å². The predicted molar refractivity (Wildman–Crippen MR) is 87.5 cm³/mol. The van der Waals surface area contributed by atoms with E-state index in [0.29, 0.717) is 17.7 Å². The van der Waals surface area contributed by atoms with E-state index in [4.69, 9.17) is 9.47 Å². The average molecular weight is 312 g/mol. The number of rotatable bonds is 8. The van der Waals surface area contributed by atoms with E-state index < -0.39 is 0 Å². The summed E-state index contributed by atoms with van der Waals surface area (Å²) in [7, 11) is 3.20. The molecule has 0 N–H and O–H groups in total. The van der Waals surface area contributed by atoms with Gasteiger partial charge in [-0.05, 0) is 12.5 Å². The van der Waals surface area contributed by atoms with Gasteiger partial charge in [0.2, 0.25) is 0 Å². The summed E-state index contributed by atoms with van der Waals surface area (Å²) in [6, 6.07) is 9.26. The maximum Gasteiger partial charge on any atom is 0.193 e. The summed E-state index contributed by atoms with van der Waals surface area (Å²) in [5.74, 6) is -0.00630. The smallest absolute Gasteiger partial charge is 0.193 e. The van der Waals surface area contributed by atoms with Crippen LogP contribution < -0.4 is 0 Å². The van der Waals surface area contributed by atoms with Crippen LogP contribution in [0.3, 0.4) is 0 Å². The second-order valence-electron chi connectivity index (χ2n) is 3.98. The van der Waals surface area contributed by atoms with Crippen molar-refractivity contribution in [3.8, 4) is 0 Å². The highest BCUT2D eigenvalue weighted by molar-refractivity contribution is 8.21. The molecule has 0 saturated carbocycles. The van der Waals surface area contributed by atoms with Crippen molar-refractivity contribution < 1.29 is 14.3 Å². The first-order chi connectivity index (χ1) is 9.69. The Kier molecular flexibility index (Phi) is 7.99. The second kappa shape index (κ2) is 9.23. The number of thioether (sulfide) groups is 2. The Labute approximate surface area is 129 Å². The summed E-state index contributed by atoms with van der Waals surface area (Å²) >= 11 is 3.11. The fourth-order valence-electron chi connectivity index (χ4n) is 1.84. The molecule has 0 amide bonds. The van der Waals surface area contributed by atoms with Crippen molar-refractivity contribution in [2.45, 2.75) is 6.10 Å². The van der Waals surface area contributed by atoms with E-state index in [1.54, 1.807) is 37.7 Å². The fourth-order valence-corrected chi connectivity index (χ4v) is 3.39. The van der Waals surface area contributed by atoms with Crippen molar-refractivity contribution >= 4 is 29.3 Å². The van der Waals surface area contributed by atoms with Gasteiger partial charge in [-0.25, -0.2) is 0 Å². The molecule has 20 heavy (non-hydrogen) atoms. The molecule has 1 unspecified atom stereocenters. The number of ketones is 1. The van der Waals surface area contributed by atoms with Gasteiger partial charge in [0.1, 0.15) is 6.10 Å². The molecule has 0 aliphatic heterocycles. The minimum Gasteiger partial charge on any atom is -0.382 e. The van der Waals surface area contributed by atoms with Crippen LogP contribution in [-0.2, 0) is 9.47 Å². The lowest BCUT2D eigenvalue weighted by molar-refractivity contribution is 0.0473. The van der Waals surface area contributed by atoms with Crippen LogP contribution in [0.4, 0.5) is 0 Å². The average Bonchev–Trinajstić information content (AvgIpc) is 2.51. The van der Waals surface area contributed by atoms with Crippen LogP contribution in [0.15, 0.2) is 40.1 Å². The van der Waals surface area contributed by atoms with Crippen molar-refractivity contribution in [3.05, 3.63) is 45.7 Å². The third-order valence-corrected chi connectivity index (χ3v) is 4.98. The third kappa shape index (κ3) is 4.38. The van der Waals surface area contributed by atoms with Crippen LogP contribution in [0.5, 0.6) is 0 Å². The maximum absolute atomic E-state index is 12.8. The molecular formula is C15H20O3S2. The monoisotopic (exact) mass is 312 g/mol. The van der Waals surface area contributed by atoms with Gasteiger partial charge in [0.05, 0.1) is 12.2 Å². The molecule has 110 valence electrons. The summed E-state index contributed by atoms with van der Waals surface area (Å²) < 4.78 is 11.6. The normalized spacial score (nSPS) is 12.0. The van der Waals surface area contributed by atoms with Crippen LogP contribution in [0.1, 0.15) is 10.4 Å². The molecule has 1 rings (SSSR count). The van der Waals surface area contributed by atoms with Gasteiger partial charge in [-0.1, -0.05) is 30.3 Å². The van der Waals surface area contributed by atoms with Crippen LogP contribution in [0, 0.1) is 0 Å². The second-order valence-corrected chi connectivity index (χ2v) is 5.88. The lowest BCUT2D eigenvalue weighted by atomic mass is 10.0. The van der Waals surface area contributed by atoms with Crippen molar-refractivity contribution in [2.75, 3.05) is 33.3 Å². The van der Waals surface area contributed by atoms with Gasteiger partial charge in [-0.3, -0.25) is 4.79 Å². The molecule has 1 aromatic rings. The number of benzene rings is 1. The Morgan fingerprint density at radius 1 is 1.15 bits per heavy atom. The number of hydrogen-bond donors (Lipinski definition) is 0. The zero-order valence-corrected chi connectivity index (χ0v) is 13.8. The van der Waals surface area contributed by atoms with E-state index >= 15 is 0 Å². The number of hydrogen-bond acceptors (Lipinski definition) is 5. The molecule has 0 aromatic heterocycles. The van der Waals surface area contributed by atoms with Gasteiger partial charge in [0.25, 0.3) is 0 Å². The van der Waals surface area contributed by atoms with Gasteiger partial charge in [-0.2, -0.15) is 0 Å². The Balaban J connectivity index is 3.24. The molecule has 5 heteroatoms. The minimum absolute atomic E-state index is 0.00630. The Bertz CT molecular complexity index is 451. The Morgan fingerprint density at radius 3 is 2.20 bits per heavy atom. The van der Waals surface area contributed by atoms with Gasteiger partial charge in [0, 0.05) is 24.0 Å². The molecular weight excluding hydrogens is 292 g/mol. The summed E-state index contributed by atoms with van der Waals surface area (Å²) in [6.45, 7) is 0.356. The minimum atomic E-state index is -0.359. The van der Waals surface area contributed by atoms with Gasteiger partial charge in [-0.15, -0.1) is 23.5 Å². The fraction of sp³-hybridized carbons (Fsp3) is 0.400. The third-order valence-electron chi connectivity index (χ3n) is 2.80. The first kappa shape index (κ1) is 17.3. The highest BCUT2D eigenvalue weighted by Crippen LogP contribution is 2.32. The molecule has 0 heterocycles. The topological polar surface area (TPSA) is 35.5 Å². The van der Waals surface area contributed by atoms with Crippen molar-refractivity contribution in [1.29, 1.82) is 0 Å². The summed E-state index contributed by atoms with van der Waals surface area (Å²) in [5.41, 5.74) is 1.34. The van der Waals surface area contributed by atoms with Crippen LogP contribution in [0.25, 0.3) is 0 Å². The van der Waals surface area contributed by atoms with Crippen LogP contribution in [-0.4, -0.2) is 45.2 Å². The number of carbonyl (C=O) groups is 1. The van der Waals surface area contributed by atoms with Crippen molar-refractivity contribution in [2.24, 2.45) is 0 Å². The molecule has 0 radical (unpaired) electrons. The molecule has 1 aromatic carbocycles. The van der Waals surface area contributed by atoms with Crippen LogP contribution in [0.2, 0.25) is 0 Å². The number of ether oxygens (including phenoxy) is 2. The van der Waals surface area contributed by atoms with E-state index in [1.165, 1.54) is 0 Å². The van der Waals surface area contributed by atoms with Gasteiger partial charge < -0.3 is 9.47 Å². The van der Waals surface area contributed by atoms with Gasteiger partial charge in [0.15, 0.2) is 5.78 Å². The van der Waals surface area contributed by atoms with E-state index in [0.717, 1.165) is 4.24 Å². The standard InChI is InChI=1S/C15H20O3S2/c1-17-10-12(18-2)13(15(19-3)20-4)14(16)11-8-6-5-7-9-11/h5-9,12H,10H2,1-4H3.